The number of benzene rings is 2. The van der Waals surface area contributed by atoms with Gasteiger partial charge in [0.1, 0.15) is 23.9 Å². The molecule has 0 fully saturated rings. The van der Waals surface area contributed by atoms with E-state index in [2.05, 4.69) is 5.32 Å². The van der Waals surface area contributed by atoms with Gasteiger partial charge in [-0.05, 0) is 17.7 Å². The standard InChI is InChI=1S/C18H22N2O4.ClH/c1-22-15-10-16(23-2)12-17(11-15)24-8-7-20-18(21)9-13-3-5-14(19)6-4-13;/h3-6,10-12H,7-9,19H2,1-2H3,(H,20,21);1H. The van der Waals surface area contributed by atoms with Crippen LogP contribution in [0.2, 0.25) is 0 Å². The molecule has 0 aliphatic heterocycles. The van der Waals surface area contributed by atoms with Crippen LogP contribution in [0.5, 0.6) is 17.2 Å². The minimum Gasteiger partial charge on any atom is -0.496 e. The van der Waals surface area contributed by atoms with Crippen LogP contribution in [0.1, 0.15) is 5.56 Å². The molecule has 2 aromatic carbocycles. The van der Waals surface area contributed by atoms with E-state index < -0.39 is 0 Å². The molecule has 0 spiro atoms. The molecule has 0 unspecified atom stereocenters. The molecule has 0 aromatic heterocycles. The van der Waals surface area contributed by atoms with Gasteiger partial charge in [0.15, 0.2) is 0 Å². The third kappa shape index (κ3) is 6.81. The van der Waals surface area contributed by atoms with Crippen molar-refractivity contribution in [2.24, 2.45) is 0 Å². The number of rotatable bonds is 8. The Bertz CT molecular complexity index is 655. The Morgan fingerprint density at radius 2 is 1.56 bits per heavy atom. The molecule has 0 bridgehead atoms. The van der Waals surface area contributed by atoms with E-state index in [1.165, 1.54) is 0 Å². The first-order valence-electron chi connectivity index (χ1n) is 7.57. The zero-order valence-corrected chi connectivity index (χ0v) is 15.1. The Hall–Kier alpha value is -2.60. The largest absolute Gasteiger partial charge is 0.496 e. The van der Waals surface area contributed by atoms with Gasteiger partial charge >= 0.3 is 0 Å². The van der Waals surface area contributed by atoms with E-state index in [0.717, 1.165) is 5.56 Å². The minimum atomic E-state index is -0.0633. The topological polar surface area (TPSA) is 82.8 Å². The SMILES string of the molecule is COc1cc(OC)cc(OCCNC(=O)Cc2ccc(N)cc2)c1.Cl. The lowest BCUT2D eigenvalue weighted by molar-refractivity contribution is -0.120. The zero-order valence-electron chi connectivity index (χ0n) is 14.3. The van der Waals surface area contributed by atoms with Gasteiger partial charge in [0.25, 0.3) is 0 Å². The smallest absolute Gasteiger partial charge is 0.224 e. The molecule has 0 aliphatic rings. The number of hydrogen-bond donors (Lipinski definition) is 2. The third-order valence-corrected chi connectivity index (χ3v) is 3.36. The van der Waals surface area contributed by atoms with E-state index in [4.69, 9.17) is 19.9 Å². The van der Waals surface area contributed by atoms with Gasteiger partial charge in [-0.15, -0.1) is 12.4 Å². The fourth-order valence-corrected chi connectivity index (χ4v) is 2.11. The van der Waals surface area contributed by atoms with Gasteiger partial charge in [0, 0.05) is 23.9 Å². The first-order valence-corrected chi connectivity index (χ1v) is 7.57. The van der Waals surface area contributed by atoms with E-state index in [1.807, 2.05) is 12.1 Å². The normalized spacial score (nSPS) is 9.68. The van der Waals surface area contributed by atoms with Gasteiger partial charge < -0.3 is 25.3 Å². The van der Waals surface area contributed by atoms with Crippen LogP contribution in [-0.4, -0.2) is 33.3 Å². The van der Waals surface area contributed by atoms with Gasteiger partial charge in [-0.25, -0.2) is 0 Å². The summed E-state index contributed by atoms with van der Waals surface area (Å²) in [5.41, 5.74) is 7.22. The second kappa shape index (κ2) is 10.3. The average Bonchev–Trinajstić information content (AvgIpc) is 2.60. The van der Waals surface area contributed by atoms with E-state index in [1.54, 1.807) is 44.6 Å². The molecule has 1 amide bonds. The lowest BCUT2D eigenvalue weighted by atomic mass is 10.1. The van der Waals surface area contributed by atoms with E-state index in [0.29, 0.717) is 42.5 Å². The van der Waals surface area contributed by atoms with Crippen LogP contribution in [0.15, 0.2) is 42.5 Å². The molecule has 3 N–H and O–H groups in total. The minimum absolute atomic E-state index is 0. The number of carbonyl (C=O) groups excluding carboxylic acids is 1. The van der Waals surface area contributed by atoms with Crippen LogP contribution >= 0.6 is 12.4 Å². The van der Waals surface area contributed by atoms with Crippen molar-refractivity contribution in [1.82, 2.24) is 5.32 Å². The van der Waals surface area contributed by atoms with E-state index >= 15 is 0 Å². The molecule has 2 rings (SSSR count). The fraction of sp³-hybridized carbons (Fsp3) is 0.278. The first-order chi connectivity index (χ1) is 11.6. The summed E-state index contributed by atoms with van der Waals surface area (Å²) >= 11 is 0. The maximum absolute atomic E-state index is 11.9. The van der Waals surface area contributed by atoms with Crippen molar-refractivity contribution in [3.8, 4) is 17.2 Å². The summed E-state index contributed by atoms with van der Waals surface area (Å²) in [5.74, 6) is 1.86. The highest BCUT2D eigenvalue weighted by Crippen LogP contribution is 2.27. The second-order valence-electron chi connectivity index (χ2n) is 5.17. The molecule has 0 atom stereocenters. The number of nitrogens with one attached hydrogen (secondary N) is 1. The van der Waals surface area contributed by atoms with Crippen LogP contribution in [0.3, 0.4) is 0 Å². The lowest BCUT2D eigenvalue weighted by Gasteiger charge is -2.11. The summed E-state index contributed by atoms with van der Waals surface area (Å²) in [7, 11) is 3.16. The Morgan fingerprint density at radius 1 is 1.00 bits per heavy atom. The maximum Gasteiger partial charge on any atom is 0.224 e. The molecule has 0 saturated carbocycles. The van der Waals surface area contributed by atoms with Crippen molar-refractivity contribution in [3.05, 3.63) is 48.0 Å². The number of carbonyl (C=O) groups is 1. The van der Waals surface area contributed by atoms with E-state index in [-0.39, 0.29) is 18.3 Å². The van der Waals surface area contributed by atoms with Gasteiger partial charge in [-0.1, -0.05) is 12.1 Å². The van der Waals surface area contributed by atoms with Crippen molar-refractivity contribution in [2.75, 3.05) is 33.1 Å². The fourth-order valence-electron chi connectivity index (χ4n) is 2.11. The van der Waals surface area contributed by atoms with Gasteiger partial charge in [-0.3, -0.25) is 4.79 Å². The van der Waals surface area contributed by atoms with Crippen molar-refractivity contribution in [3.63, 3.8) is 0 Å². The summed E-state index contributed by atoms with van der Waals surface area (Å²) in [6.45, 7) is 0.761. The summed E-state index contributed by atoms with van der Waals surface area (Å²) in [5, 5.41) is 2.82. The number of nitrogen functional groups attached to an aromatic ring is 1. The maximum atomic E-state index is 11.9. The number of amides is 1. The Morgan fingerprint density at radius 3 is 2.12 bits per heavy atom. The van der Waals surface area contributed by atoms with Crippen molar-refractivity contribution in [2.45, 2.75) is 6.42 Å². The number of halogens is 1. The molecular formula is C18H23ClN2O4. The first kappa shape index (κ1) is 20.4. The van der Waals surface area contributed by atoms with Crippen LogP contribution in [-0.2, 0) is 11.2 Å². The predicted octanol–water partition coefficient (Wildman–Crippen LogP) is 2.45. The van der Waals surface area contributed by atoms with Gasteiger partial charge in [-0.2, -0.15) is 0 Å². The van der Waals surface area contributed by atoms with Crippen molar-refractivity contribution in [1.29, 1.82) is 0 Å². The lowest BCUT2D eigenvalue weighted by Crippen LogP contribution is -2.29. The summed E-state index contributed by atoms with van der Waals surface area (Å²) in [4.78, 5) is 11.9. The molecule has 6 nitrogen and oxygen atoms in total. The van der Waals surface area contributed by atoms with Crippen LogP contribution in [0, 0.1) is 0 Å². The summed E-state index contributed by atoms with van der Waals surface area (Å²) in [6, 6.07) is 12.5. The average molecular weight is 367 g/mol. The molecule has 0 heterocycles. The number of hydrogen-bond acceptors (Lipinski definition) is 5. The quantitative estimate of drug-likeness (QED) is 0.554. The monoisotopic (exact) mass is 366 g/mol. The van der Waals surface area contributed by atoms with Crippen LogP contribution in [0.25, 0.3) is 0 Å². The number of ether oxygens (including phenoxy) is 3. The van der Waals surface area contributed by atoms with Gasteiger partial charge in [0.05, 0.1) is 27.2 Å². The molecule has 0 radical (unpaired) electrons. The molecular weight excluding hydrogens is 344 g/mol. The second-order valence-corrected chi connectivity index (χ2v) is 5.17. The molecule has 2 aromatic rings. The molecule has 0 saturated heterocycles. The van der Waals surface area contributed by atoms with E-state index in [9.17, 15) is 4.79 Å². The Balaban J connectivity index is 0.00000312. The highest BCUT2D eigenvalue weighted by Gasteiger charge is 2.05. The van der Waals surface area contributed by atoms with Crippen LogP contribution < -0.4 is 25.3 Å². The number of anilines is 1. The van der Waals surface area contributed by atoms with Gasteiger partial charge in [0.2, 0.25) is 5.91 Å². The highest BCUT2D eigenvalue weighted by atomic mass is 35.5. The predicted molar refractivity (Wildman–Crippen MR) is 99.9 cm³/mol. The molecule has 136 valence electrons. The zero-order chi connectivity index (χ0) is 17.4. The van der Waals surface area contributed by atoms with Crippen molar-refractivity contribution >= 4 is 24.0 Å². The molecule has 25 heavy (non-hydrogen) atoms. The number of nitrogens with two attached hydrogens (primary N) is 1. The van der Waals surface area contributed by atoms with Crippen LogP contribution in [0.4, 0.5) is 5.69 Å². The summed E-state index contributed by atoms with van der Waals surface area (Å²) < 4.78 is 16.0. The highest BCUT2D eigenvalue weighted by molar-refractivity contribution is 5.85. The Labute approximate surface area is 153 Å². The Kier molecular flexibility index (Phi) is 8.43. The molecule has 7 heteroatoms. The van der Waals surface area contributed by atoms with Crippen molar-refractivity contribution < 1.29 is 19.0 Å². The third-order valence-electron chi connectivity index (χ3n) is 3.36. The number of methoxy groups -OCH3 is 2. The summed E-state index contributed by atoms with van der Waals surface area (Å²) in [6.07, 6.45) is 0.313. The molecule has 0 aliphatic carbocycles.